The van der Waals surface area contributed by atoms with Gasteiger partial charge in [-0.25, -0.2) is 0 Å². The van der Waals surface area contributed by atoms with Crippen LogP contribution in [-0.4, -0.2) is 31.3 Å². The molecule has 0 aliphatic carbocycles. The largest absolute Gasteiger partial charge is 0.490 e. The van der Waals surface area contributed by atoms with Crippen LogP contribution < -0.4 is 9.64 Å². The third-order valence-corrected chi connectivity index (χ3v) is 7.12. The van der Waals surface area contributed by atoms with Gasteiger partial charge in [0, 0.05) is 13.1 Å². The number of anilines is 1. The van der Waals surface area contributed by atoms with E-state index in [0.717, 1.165) is 45.1 Å². The molecule has 0 unspecified atom stereocenters. The minimum Gasteiger partial charge on any atom is -0.490 e. The number of rotatable bonds is 3. The van der Waals surface area contributed by atoms with Crippen LogP contribution in [0.5, 0.6) is 5.75 Å². The van der Waals surface area contributed by atoms with Gasteiger partial charge < -0.3 is 9.64 Å². The molecule has 0 radical (unpaired) electrons. The third kappa shape index (κ3) is 3.77. The average Bonchev–Trinajstić information content (AvgIpc) is 2.83. The summed E-state index contributed by atoms with van der Waals surface area (Å²) in [6, 6.07) is 26.9. The summed E-state index contributed by atoms with van der Waals surface area (Å²) in [7, 11) is 0. The Morgan fingerprint density at radius 1 is 0.818 bits per heavy atom. The minimum atomic E-state index is 0.755. The monoisotopic (exact) mass is 434 g/mol. The second-order valence-corrected chi connectivity index (χ2v) is 9.50. The van der Waals surface area contributed by atoms with Crippen molar-refractivity contribution in [2.24, 2.45) is 0 Å². The summed E-state index contributed by atoms with van der Waals surface area (Å²) in [6.45, 7) is 9.01. The Morgan fingerprint density at radius 2 is 1.64 bits per heavy atom. The van der Waals surface area contributed by atoms with E-state index >= 15 is 0 Å². The number of aryl methyl sites for hydroxylation is 2. The lowest BCUT2D eigenvalue weighted by Crippen LogP contribution is -2.44. The molecule has 0 aromatic heterocycles. The first-order valence-electron chi connectivity index (χ1n) is 12.0. The summed E-state index contributed by atoms with van der Waals surface area (Å²) in [5.41, 5.74) is 9.51. The molecule has 2 aliphatic heterocycles. The predicted molar refractivity (Wildman–Crippen MR) is 137 cm³/mol. The normalized spacial score (nSPS) is 15.8. The van der Waals surface area contributed by atoms with E-state index in [4.69, 9.17) is 4.74 Å². The van der Waals surface area contributed by atoms with Gasteiger partial charge in [-0.2, -0.15) is 0 Å². The highest BCUT2D eigenvalue weighted by Crippen LogP contribution is 2.36. The smallest absolute Gasteiger partial charge is 0.142 e. The lowest BCUT2D eigenvalue weighted by atomic mass is 9.88. The molecule has 33 heavy (non-hydrogen) atoms. The Morgan fingerprint density at radius 3 is 2.58 bits per heavy atom. The fraction of sp³-hybridized carbons (Fsp3) is 0.267. The molecule has 2 heterocycles. The van der Waals surface area contributed by atoms with Crippen LogP contribution in [0.1, 0.15) is 22.3 Å². The first kappa shape index (κ1) is 20.3. The molecule has 0 bridgehead atoms. The number of hydrogen-bond donors (Lipinski definition) is 0. The van der Waals surface area contributed by atoms with Crippen LogP contribution in [-0.2, 0) is 13.0 Å². The molecule has 0 amide bonds. The van der Waals surface area contributed by atoms with E-state index in [0.29, 0.717) is 0 Å². The Hall–Kier alpha value is -3.30. The highest BCUT2D eigenvalue weighted by Gasteiger charge is 2.24. The van der Waals surface area contributed by atoms with Crippen molar-refractivity contribution in [1.82, 2.24) is 4.90 Å². The van der Waals surface area contributed by atoms with Gasteiger partial charge in [0.1, 0.15) is 12.4 Å². The molecule has 3 heteroatoms. The maximum atomic E-state index is 5.93. The molecule has 4 aromatic rings. The zero-order valence-corrected chi connectivity index (χ0v) is 19.5. The van der Waals surface area contributed by atoms with E-state index < -0.39 is 0 Å². The van der Waals surface area contributed by atoms with E-state index in [1.165, 1.54) is 49.8 Å². The van der Waals surface area contributed by atoms with Crippen LogP contribution in [0.4, 0.5) is 5.69 Å². The van der Waals surface area contributed by atoms with Gasteiger partial charge in [0.2, 0.25) is 0 Å². The molecule has 4 aromatic carbocycles. The van der Waals surface area contributed by atoms with Gasteiger partial charge in [-0.15, -0.1) is 0 Å². The van der Waals surface area contributed by atoms with Crippen LogP contribution >= 0.6 is 0 Å². The fourth-order valence-corrected chi connectivity index (χ4v) is 5.44. The van der Waals surface area contributed by atoms with Gasteiger partial charge in [0.15, 0.2) is 0 Å². The number of nitrogens with zero attached hydrogens (tertiary/aromatic N) is 2. The van der Waals surface area contributed by atoms with Crippen LogP contribution in [0.15, 0.2) is 72.8 Å². The molecule has 0 fully saturated rings. The molecular formula is C30H30N2O. The summed E-state index contributed by atoms with van der Waals surface area (Å²) >= 11 is 0. The summed E-state index contributed by atoms with van der Waals surface area (Å²) in [4.78, 5) is 5.05. The van der Waals surface area contributed by atoms with Crippen LogP contribution in [0.25, 0.3) is 21.9 Å². The van der Waals surface area contributed by atoms with Crippen LogP contribution in [0, 0.1) is 13.8 Å². The van der Waals surface area contributed by atoms with Crippen molar-refractivity contribution in [3.8, 4) is 16.9 Å². The van der Waals surface area contributed by atoms with Crippen LogP contribution in [0.3, 0.4) is 0 Å². The molecule has 2 aliphatic rings. The summed E-state index contributed by atoms with van der Waals surface area (Å²) < 4.78 is 5.93. The first-order chi connectivity index (χ1) is 16.2. The third-order valence-electron chi connectivity index (χ3n) is 7.12. The van der Waals surface area contributed by atoms with Crippen molar-refractivity contribution in [3.05, 3.63) is 95.1 Å². The Labute approximate surface area is 196 Å². The zero-order valence-electron chi connectivity index (χ0n) is 19.5. The molecule has 0 saturated heterocycles. The summed E-state index contributed by atoms with van der Waals surface area (Å²) in [5.74, 6) is 1.02. The number of hydrogen-bond acceptors (Lipinski definition) is 3. The topological polar surface area (TPSA) is 15.7 Å². The lowest BCUT2D eigenvalue weighted by molar-refractivity contribution is 0.234. The Kier molecular flexibility index (Phi) is 5.07. The molecule has 3 nitrogen and oxygen atoms in total. The fourth-order valence-electron chi connectivity index (χ4n) is 5.44. The van der Waals surface area contributed by atoms with Gasteiger partial charge in [-0.05, 0) is 71.0 Å². The Balaban J connectivity index is 1.29. The van der Waals surface area contributed by atoms with E-state index in [2.05, 4.69) is 96.4 Å². The maximum absolute atomic E-state index is 5.93. The van der Waals surface area contributed by atoms with Gasteiger partial charge in [0.05, 0.1) is 18.9 Å². The van der Waals surface area contributed by atoms with Gasteiger partial charge >= 0.3 is 0 Å². The highest BCUT2D eigenvalue weighted by molar-refractivity contribution is 5.98. The lowest BCUT2D eigenvalue weighted by Gasteiger charge is -2.38. The minimum absolute atomic E-state index is 0.755. The molecule has 0 atom stereocenters. The van der Waals surface area contributed by atoms with E-state index in [1.807, 2.05) is 0 Å². The maximum Gasteiger partial charge on any atom is 0.142 e. The first-order valence-corrected chi connectivity index (χ1v) is 12.0. The van der Waals surface area contributed by atoms with Crippen molar-refractivity contribution in [2.45, 2.75) is 26.8 Å². The molecular weight excluding hydrogens is 404 g/mol. The second-order valence-electron chi connectivity index (χ2n) is 9.50. The van der Waals surface area contributed by atoms with Crippen molar-refractivity contribution in [3.63, 3.8) is 0 Å². The van der Waals surface area contributed by atoms with Crippen LogP contribution in [0.2, 0.25) is 0 Å². The van der Waals surface area contributed by atoms with Crippen molar-refractivity contribution >= 4 is 16.5 Å². The SMILES string of the molecule is Cc1ccc2c(c1)OCCN2CN1CCc2c(cccc2-c2cccc3ccc(C)cc23)C1. The van der Waals surface area contributed by atoms with Crippen molar-refractivity contribution in [2.75, 3.05) is 31.3 Å². The molecule has 0 N–H and O–H groups in total. The van der Waals surface area contributed by atoms with E-state index in [9.17, 15) is 0 Å². The summed E-state index contributed by atoms with van der Waals surface area (Å²) in [5, 5.41) is 2.67. The van der Waals surface area contributed by atoms with Gasteiger partial charge in [-0.3, -0.25) is 4.90 Å². The number of benzene rings is 4. The molecule has 0 saturated carbocycles. The highest BCUT2D eigenvalue weighted by atomic mass is 16.5. The molecule has 0 spiro atoms. The molecule has 166 valence electrons. The van der Waals surface area contributed by atoms with Crippen molar-refractivity contribution < 1.29 is 4.74 Å². The standard InChI is InChI=1S/C30H30N2O/c1-21-9-11-23-5-3-8-27(28(23)17-21)26-7-4-6-24-19-31(14-13-25(24)26)20-32-15-16-33-30-18-22(2)10-12-29(30)32/h3-12,17-18H,13-16,19-20H2,1-2H3. The predicted octanol–water partition coefficient (Wildman–Crippen LogP) is 6.34. The number of ether oxygens (including phenoxy) is 1. The van der Waals surface area contributed by atoms with Crippen molar-refractivity contribution in [1.29, 1.82) is 0 Å². The van der Waals surface area contributed by atoms with E-state index in [1.54, 1.807) is 0 Å². The second kappa shape index (κ2) is 8.24. The summed E-state index contributed by atoms with van der Waals surface area (Å²) in [6.07, 6.45) is 1.08. The zero-order chi connectivity index (χ0) is 22.4. The average molecular weight is 435 g/mol. The number of fused-ring (bicyclic) bond motifs is 3. The van der Waals surface area contributed by atoms with E-state index in [-0.39, 0.29) is 0 Å². The van der Waals surface area contributed by atoms with Gasteiger partial charge in [-0.1, -0.05) is 66.2 Å². The molecule has 6 rings (SSSR count). The van der Waals surface area contributed by atoms with Gasteiger partial charge in [0.25, 0.3) is 0 Å². The Bertz CT molecular complexity index is 1340. The quantitative estimate of drug-likeness (QED) is 0.374.